The van der Waals surface area contributed by atoms with Gasteiger partial charge in [-0.25, -0.2) is 0 Å². The lowest BCUT2D eigenvalue weighted by molar-refractivity contribution is -0.149. The number of ether oxygens (including phenoxy) is 1. The molecule has 3 nitrogen and oxygen atoms in total. The minimum atomic E-state index is -4.27. The van der Waals surface area contributed by atoms with Crippen LogP contribution in [0, 0.1) is 0 Å². The van der Waals surface area contributed by atoms with E-state index in [1.165, 1.54) is 5.56 Å². The number of likely N-dealkylation sites (tertiary alicyclic amines) is 1. The molecule has 0 atom stereocenters. The van der Waals surface area contributed by atoms with Gasteiger partial charge in [-0.15, -0.1) is 0 Å². The molecule has 1 saturated heterocycles. The number of carbonyl (C=O) groups excluding carboxylic acids is 1. The van der Waals surface area contributed by atoms with Crippen LogP contribution in [0.1, 0.15) is 37.2 Å². The summed E-state index contributed by atoms with van der Waals surface area (Å²) in [4.78, 5) is 13.3. The number of halogens is 3. The highest BCUT2D eigenvalue weighted by Crippen LogP contribution is 2.30. The van der Waals surface area contributed by atoms with Crippen LogP contribution in [0.5, 0.6) is 5.75 Å². The van der Waals surface area contributed by atoms with Crippen molar-refractivity contribution < 1.29 is 22.7 Å². The van der Waals surface area contributed by atoms with Gasteiger partial charge in [-0.2, -0.15) is 13.2 Å². The molecule has 1 fully saturated rings. The zero-order valence-electron chi connectivity index (χ0n) is 12.5. The monoisotopic (exact) mass is 315 g/mol. The third-order valence-corrected chi connectivity index (χ3v) is 4.06. The van der Waals surface area contributed by atoms with Gasteiger partial charge >= 0.3 is 6.18 Å². The van der Waals surface area contributed by atoms with Gasteiger partial charge in [0.1, 0.15) is 5.75 Å². The molecule has 0 saturated carbocycles. The number of rotatable bonds is 4. The summed E-state index contributed by atoms with van der Waals surface area (Å²) >= 11 is 0. The van der Waals surface area contributed by atoms with Gasteiger partial charge in [-0.05, 0) is 36.5 Å². The molecule has 122 valence electrons. The lowest BCUT2D eigenvalue weighted by Crippen LogP contribution is -2.38. The Morgan fingerprint density at radius 3 is 2.32 bits per heavy atom. The maximum atomic E-state index is 12.1. The molecule has 1 aliphatic rings. The number of amides is 1. The molecule has 1 aromatic carbocycles. The quantitative estimate of drug-likeness (QED) is 0.847. The molecular formula is C16H20F3NO2. The molecule has 1 amide bonds. The van der Waals surface area contributed by atoms with Crippen molar-refractivity contribution in [1.29, 1.82) is 0 Å². The van der Waals surface area contributed by atoms with Crippen LogP contribution >= 0.6 is 0 Å². The molecule has 0 unspecified atom stereocenters. The Kier molecular flexibility index (Phi) is 5.32. The van der Waals surface area contributed by atoms with Gasteiger partial charge in [-0.1, -0.05) is 12.1 Å². The molecule has 0 spiro atoms. The highest BCUT2D eigenvalue weighted by Gasteiger charge is 2.30. The molecule has 1 heterocycles. The third kappa shape index (κ3) is 4.64. The van der Waals surface area contributed by atoms with Gasteiger partial charge in [0.2, 0.25) is 5.91 Å². The van der Waals surface area contributed by atoms with E-state index in [9.17, 15) is 18.0 Å². The SMILES string of the molecule is COc1ccc(C2CCN(C(=O)CCC(F)(F)F)CC2)cc1. The summed E-state index contributed by atoms with van der Waals surface area (Å²) in [5.41, 5.74) is 1.18. The van der Waals surface area contributed by atoms with Gasteiger partial charge in [0.15, 0.2) is 0 Å². The molecule has 0 aliphatic carbocycles. The Morgan fingerprint density at radius 1 is 1.23 bits per heavy atom. The molecule has 0 radical (unpaired) electrons. The van der Waals surface area contributed by atoms with E-state index in [4.69, 9.17) is 4.74 Å². The summed E-state index contributed by atoms with van der Waals surface area (Å²) in [5.74, 6) is 0.742. The zero-order chi connectivity index (χ0) is 16.2. The van der Waals surface area contributed by atoms with E-state index in [0.717, 1.165) is 18.6 Å². The number of benzene rings is 1. The van der Waals surface area contributed by atoms with E-state index in [1.54, 1.807) is 12.0 Å². The van der Waals surface area contributed by atoms with Crippen molar-refractivity contribution in [2.24, 2.45) is 0 Å². The molecule has 2 rings (SSSR count). The summed E-state index contributed by atoms with van der Waals surface area (Å²) in [6, 6.07) is 7.81. The van der Waals surface area contributed by atoms with E-state index >= 15 is 0 Å². The average molecular weight is 315 g/mol. The van der Waals surface area contributed by atoms with Crippen LogP contribution in [0.25, 0.3) is 0 Å². The summed E-state index contributed by atoms with van der Waals surface area (Å²) in [7, 11) is 1.61. The lowest BCUT2D eigenvalue weighted by atomic mass is 9.89. The molecule has 22 heavy (non-hydrogen) atoms. The fourth-order valence-electron chi connectivity index (χ4n) is 2.75. The minimum absolute atomic E-state index is 0.345. The van der Waals surface area contributed by atoms with Gasteiger partial charge in [0, 0.05) is 19.5 Å². The van der Waals surface area contributed by atoms with Crippen molar-refractivity contribution in [3.63, 3.8) is 0 Å². The Hall–Kier alpha value is -1.72. The number of hydrogen-bond acceptors (Lipinski definition) is 2. The van der Waals surface area contributed by atoms with Crippen LogP contribution in [0.3, 0.4) is 0 Å². The molecule has 1 aromatic rings. The van der Waals surface area contributed by atoms with Crippen molar-refractivity contribution in [3.05, 3.63) is 29.8 Å². The average Bonchev–Trinajstić information content (AvgIpc) is 2.52. The first-order valence-electron chi connectivity index (χ1n) is 7.37. The van der Waals surface area contributed by atoms with E-state index < -0.39 is 24.9 Å². The van der Waals surface area contributed by atoms with Crippen LogP contribution in [-0.2, 0) is 4.79 Å². The Bertz CT molecular complexity index is 491. The Morgan fingerprint density at radius 2 is 1.82 bits per heavy atom. The van der Waals surface area contributed by atoms with Crippen LogP contribution in [0.2, 0.25) is 0 Å². The zero-order valence-corrected chi connectivity index (χ0v) is 12.5. The number of carbonyl (C=O) groups is 1. The van der Waals surface area contributed by atoms with Crippen molar-refractivity contribution in [3.8, 4) is 5.75 Å². The van der Waals surface area contributed by atoms with Crippen molar-refractivity contribution >= 4 is 5.91 Å². The normalized spacial score (nSPS) is 16.6. The number of methoxy groups -OCH3 is 1. The number of nitrogens with zero attached hydrogens (tertiary/aromatic N) is 1. The van der Waals surface area contributed by atoms with Crippen LogP contribution in [0.4, 0.5) is 13.2 Å². The molecule has 0 bridgehead atoms. The first-order chi connectivity index (χ1) is 10.4. The molecular weight excluding hydrogens is 295 g/mol. The number of hydrogen-bond donors (Lipinski definition) is 0. The fraction of sp³-hybridized carbons (Fsp3) is 0.562. The summed E-state index contributed by atoms with van der Waals surface area (Å²) in [6.07, 6.45) is -4.19. The predicted octanol–water partition coefficient (Wildman–Crippen LogP) is 3.74. The van der Waals surface area contributed by atoms with Crippen LogP contribution in [-0.4, -0.2) is 37.2 Å². The number of piperidine rings is 1. The second kappa shape index (κ2) is 7.03. The Labute approximate surface area is 128 Å². The molecule has 0 aromatic heterocycles. The van der Waals surface area contributed by atoms with Crippen molar-refractivity contribution in [2.75, 3.05) is 20.2 Å². The smallest absolute Gasteiger partial charge is 0.389 e. The van der Waals surface area contributed by atoms with Gasteiger partial charge < -0.3 is 9.64 Å². The fourth-order valence-corrected chi connectivity index (χ4v) is 2.75. The summed E-state index contributed by atoms with van der Waals surface area (Å²) in [6.45, 7) is 1.04. The van der Waals surface area contributed by atoms with E-state index in [0.29, 0.717) is 19.0 Å². The topological polar surface area (TPSA) is 29.5 Å². The van der Waals surface area contributed by atoms with Gasteiger partial charge in [-0.3, -0.25) is 4.79 Å². The second-order valence-corrected chi connectivity index (χ2v) is 5.54. The minimum Gasteiger partial charge on any atom is -0.497 e. The largest absolute Gasteiger partial charge is 0.497 e. The van der Waals surface area contributed by atoms with Crippen molar-refractivity contribution in [1.82, 2.24) is 4.90 Å². The van der Waals surface area contributed by atoms with E-state index in [-0.39, 0.29) is 0 Å². The first-order valence-corrected chi connectivity index (χ1v) is 7.37. The van der Waals surface area contributed by atoms with Gasteiger partial charge in [0.25, 0.3) is 0 Å². The summed E-state index contributed by atoms with van der Waals surface area (Å²) < 4.78 is 41.6. The van der Waals surface area contributed by atoms with Crippen LogP contribution in [0.15, 0.2) is 24.3 Å². The Balaban J connectivity index is 1.83. The first kappa shape index (κ1) is 16.6. The lowest BCUT2D eigenvalue weighted by Gasteiger charge is -2.32. The molecule has 1 aliphatic heterocycles. The van der Waals surface area contributed by atoms with E-state index in [1.807, 2.05) is 24.3 Å². The number of alkyl halides is 3. The molecule has 6 heteroatoms. The van der Waals surface area contributed by atoms with Gasteiger partial charge in [0.05, 0.1) is 13.5 Å². The summed E-state index contributed by atoms with van der Waals surface area (Å²) in [5, 5.41) is 0. The van der Waals surface area contributed by atoms with Crippen molar-refractivity contribution in [2.45, 2.75) is 37.8 Å². The third-order valence-electron chi connectivity index (χ3n) is 4.06. The standard InChI is InChI=1S/C16H20F3NO2/c1-22-14-4-2-12(3-5-14)13-7-10-20(11-8-13)15(21)6-9-16(17,18)19/h2-5,13H,6-11H2,1H3. The maximum Gasteiger partial charge on any atom is 0.389 e. The maximum absolute atomic E-state index is 12.1. The predicted molar refractivity (Wildman–Crippen MR) is 76.8 cm³/mol. The van der Waals surface area contributed by atoms with E-state index in [2.05, 4.69) is 0 Å². The highest BCUT2D eigenvalue weighted by molar-refractivity contribution is 5.76. The second-order valence-electron chi connectivity index (χ2n) is 5.54. The molecule has 0 N–H and O–H groups in total. The highest BCUT2D eigenvalue weighted by atomic mass is 19.4. The van der Waals surface area contributed by atoms with Crippen LogP contribution < -0.4 is 4.74 Å².